The molecule has 2 amide bonds. The van der Waals surface area contributed by atoms with Crippen LogP contribution in [0, 0.1) is 6.92 Å². The predicted molar refractivity (Wildman–Crippen MR) is 167 cm³/mol. The van der Waals surface area contributed by atoms with Crippen molar-refractivity contribution in [2.75, 3.05) is 12.4 Å². The fourth-order valence-electron chi connectivity index (χ4n) is 5.33. The first-order chi connectivity index (χ1) is 20.4. The molecule has 5 aromatic rings. The van der Waals surface area contributed by atoms with E-state index in [-0.39, 0.29) is 11.8 Å². The molecule has 208 valence electrons. The quantitative estimate of drug-likeness (QED) is 0.208. The van der Waals surface area contributed by atoms with Gasteiger partial charge in [0.1, 0.15) is 11.4 Å². The van der Waals surface area contributed by atoms with Crippen LogP contribution < -0.4 is 20.5 Å². The second kappa shape index (κ2) is 11.2. The van der Waals surface area contributed by atoms with Crippen molar-refractivity contribution < 1.29 is 18.7 Å². The van der Waals surface area contributed by atoms with E-state index in [4.69, 9.17) is 4.52 Å². The van der Waals surface area contributed by atoms with Gasteiger partial charge in [-0.25, -0.2) is 0 Å². The van der Waals surface area contributed by atoms with Crippen LogP contribution >= 0.6 is 7.37 Å². The zero-order valence-electron chi connectivity index (χ0n) is 23.2. The van der Waals surface area contributed by atoms with Crippen LogP contribution in [0.2, 0.25) is 0 Å². The van der Waals surface area contributed by atoms with Crippen molar-refractivity contribution in [1.82, 2.24) is 5.32 Å². The number of benzene rings is 5. The van der Waals surface area contributed by atoms with Gasteiger partial charge in [0.15, 0.2) is 0 Å². The summed E-state index contributed by atoms with van der Waals surface area (Å²) in [6, 6.07) is 37.3. The van der Waals surface area contributed by atoms with Gasteiger partial charge in [-0.15, -0.1) is 0 Å². The van der Waals surface area contributed by atoms with Crippen LogP contribution in [0.1, 0.15) is 43.1 Å². The number of carbonyl (C=O) groups is 2. The number of carbonyl (C=O) groups excluding carboxylic acids is 2. The molecule has 1 aliphatic rings. The molecule has 0 fully saturated rings. The Hall–Kier alpha value is -4.93. The minimum atomic E-state index is -3.53. The van der Waals surface area contributed by atoms with E-state index in [1.54, 1.807) is 31.3 Å². The summed E-state index contributed by atoms with van der Waals surface area (Å²) in [6.07, 6.45) is 0. The molecule has 1 aliphatic heterocycles. The summed E-state index contributed by atoms with van der Waals surface area (Å²) in [5.74, 6) is 0.0888. The Balaban J connectivity index is 1.36. The summed E-state index contributed by atoms with van der Waals surface area (Å²) in [6.45, 7) is 2.02. The normalized spacial score (nSPS) is 15.9. The molecule has 0 radical (unpaired) electrons. The van der Waals surface area contributed by atoms with Crippen molar-refractivity contribution in [2.24, 2.45) is 0 Å². The highest BCUT2D eigenvalue weighted by molar-refractivity contribution is 7.68. The number of hydrogen-bond acceptors (Lipinski definition) is 4. The molecule has 7 heteroatoms. The van der Waals surface area contributed by atoms with Gasteiger partial charge in [0, 0.05) is 29.4 Å². The average molecular weight is 573 g/mol. The molecule has 0 aromatic heterocycles. The molecule has 42 heavy (non-hydrogen) atoms. The third kappa shape index (κ3) is 5.02. The van der Waals surface area contributed by atoms with Crippen LogP contribution in [0.5, 0.6) is 5.75 Å². The highest BCUT2D eigenvalue weighted by Gasteiger charge is 2.44. The van der Waals surface area contributed by atoms with Gasteiger partial charge in [-0.2, -0.15) is 0 Å². The lowest BCUT2D eigenvalue weighted by Crippen LogP contribution is -2.23. The minimum absolute atomic E-state index is 0.215. The maximum Gasteiger partial charge on any atom is 0.289 e. The Labute approximate surface area is 244 Å². The summed E-state index contributed by atoms with van der Waals surface area (Å²) in [5.41, 5.74) is 5.55. The maximum absolute atomic E-state index is 15.2. The van der Waals surface area contributed by atoms with Gasteiger partial charge in [0.05, 0.1) is 5.30 Å². The lowest BCUT2D eigenvalue weighted by atomic mass is 10.0. The molecule has 0 bridgehead atoms. The Morgan fingerprint density at radius 2 is 1.21 bits per heavy atom. The molecule has 2 N–H and O–H groups in total. The number of aryl methyl sites for hydroxylation is 1. The first-order valence-electron chi connectivity index (χ1n) is 13.7. The van der Waals surface area contributed by atoms with E-state index in [9.17, 15) is 9.59 Å². The number of nitrogens with one attached hydrogen (secondary N) is 2. The van der Waals surface area contributed by atoms with Crippen molar-refractivity contribution in [3.8, 4) is 16.9 Å². The minimum Gasteiger partial charge on any atom is -0.439 e. The first-order valence-corrected chi connectivity index (χ1v) is 15.3. The van der Waals surface area contributed by atoms with Gasteiger partial charge in [-0.05, 0) is 72.1 Å². The van der Waals surface area contributed by atoms with Gasteiger partial charge >= 0.3 is 0 Å². The predicted octanol–water partition coefficient (Wildman–Crippen LogP) is 7.36. The second-order valence-corrected chi connectivity index (χ2v) is 12.6. The van der Waals surface area contributed by atoms with Crippen LogP contribution in [-0.4, -0.2) is 18.9 Å². The number of para-hydroxylation sites is 1. The third-order valence-corrected chi connectivity index (χ3v) is 10.3. The van der Waals surface area contributed by atoms with Crippen LogP contribution in [-0.2, 0) is 4.57 Å². The van der Waals surface area contributed by atoms with E-state index in [1.165, 1.54) is 0 Å². The molecule has 0 saturated carbocycles. The number of amides is 2. The average Bonchev–Trinajstić information content (AvgIpc) is 3.03. The van der Waals surface area contributed by atoms with Crippen LogP contribution in [0.4, 0.5) is 5.69 Å². The van der Waals surface area contributed by atoms with E-state index in [0.29, 0.717) is 27.9 Å². The first kappa shape index (κ1) is 27.3. The Morgan fingerprint density at radius 1 is 0.667 bits per heavy atom. The van der Waals surface area contributed by atoms with Crippen LogP contribution in [0.25, 0.3) is 11.1 Å². The van der Waals surface area contributed by atoms with Crippen molar-refractivity contribution >= 4 is 30.2 Å². The molecule has 6 rings (SSSR count). The number of anilines is 1. The van der Waals surface area contributed by atoms with Crippen molar-refractivity contribution in [1.29, 1.82) is 0 Å². The highest BCUT2D eigenvalue weighted by atomic mass is 31.2. The van der Waals surface area contributed by atoms with E-state index >= 15 is 4.57 Å². The lowest BCUT2D eigenvalue weighted by Gasteiger charge is -2.34. The number of fused-ring (bicyclic) bond motifs is 3. The molecule has 0 aliphatic carbocycles. The molecule has 6 nitrogen and oxygen atoms in total. The van der Waals surface area contributed by atoms with E-state index in [2.05, 4.69) is 10.6 Å². The molecule has 0 spiro atoms. The van der Waals surface area contributed by atoms with Gasteiger partial charge < -0.3 is 15.2 Å². The second-order valence-electron chi connectivity index (χ2n) is 10.2. The third-order valence-electron chi connectivity index (χ3n) is 7.50. The van der Waals surface area contributed by atoms with Crippen LogP contribution in [0.3, 0.4) is 0 Å². The fraction of sp³-hybridized carbons (Fsp3) is 0.0857. The van der Waals surface area contributed by atoms with Gasteiger partial charge in [0.2, 0.25) is 0 Å². The zero-order chi connectivity index (χ0) is 29.3. The molecule has 2 atom stereocenters. The summed E-state index contributed by atoms with van der Waals surface area (Å²) in [7, 11) is -1.97. The zero-order valence-corrected chi connectivity index (χ0v) is 24.1. The van der Waals surface area contributed by atoms with Gasteiger partial charge in [-0.3, -0.25) is 14.2 Å². The Kier molecular flexibility index (Phi) is 7.24. The molecule has 2 unspecified atom stereocenters. The van der Waals surface area contributed by atoms with E-state index < -0.39 is 13.0 Å². The van der Waals surface area contributed by atoms with Gasteiger partial charge in [0.25, 0.3) is 19.2 Å². The topological polar surface area (TPSA) is 84.5 Å². The van der Waals surface area contributed by atoms with Crippen molar-refractivity contribution in [3.63, 3.8) is 0 Å². The fourth-order valence-corrected chi connectivity index (χ4v) is 8.22. The highest BCUT2D eigenvalue weighted by Crippen LogP contribution is 2.65. The standard InChI is InChI=1S/C35H29N2O4P/c1-23-11-13-24(14-12-23)33(42(40)32-10-6-4-8-30(32)29-7-3-5-9-31(29)41-42)25-19-21-28(22-20-25)37-35(39)27-17-15-26(16-18-27)34(38)36-2/h3-22,33H,1-2H3,(H,36,38)(H,37,39). The molecule has 0 saturated heterocycles. The lowest BCUT2D eigenvalue weighted by molar-refractivity contribution is 0.0961. The molecule has 1 heterocycles. The Morgan fingerprint density at radius 3 is 1.86 bits per heavy atom. The summed E-state index contributed by atoms with van der Waals surface area (Å²) in [5, 5.41) is 6.17. The number of hydrogen-bond donors (Lipinski definition) is 2. The van der Waals surface area contributed by atoms with Crippen molar-refractivity contribution in [2.45, 2.75) is 12.6 Å². The number of rotatable bonds is 6. The largest absolute Gasteiger partial charge is 0.439 e. The summed E-state index contributed by atoms with van der Waals surface area (Å²) < 4.78 is 21.7. The maximum atomic E-state index is 15.2. The smallest absolute Gasteiger partial charge is 0.289 e. The molecule has 5 aromatic carbocycles. The van der Waals surface area contributed by atoms with Gasteiger partial charge in [-0.1, -0.05) is 78.4 Å². The molecular formula is C35H29N2O4P. The molecular weight excluding hydrogens is 543 g/mol. The van der Waals surface area contributed by atoms with E-state index in [0.717, 1.165) is 27.8 Å². The SMILES string of the molecule is CNC(=O)c1ccc(C(=O)Nc2ccc(C(c3ccc(C)cc3)P3(=O)Oc4ccccc4-c4ccccc43)cc2)cc1. The van der Waals surface area contributed by atoms with E-state index in [1.807, 2.05) is 104 Å². The Bertz CT molecular complexity index is 1830. The monoisotopic (exact) mass is 572 g/mol. The van der Waals surface area contributed by atoms with Crippen molar-refractivity contribution in [3.05, 3.63) is 149 Å². The van der Waals surface area contributed by atoms with Crippen LogP contribution in [0.15, 0.2) is 121 Å². The summed E-state index contributed by atoms with van der Waals surface area (Å²) >= 11 is 0. The summed E-state index contributed by atoms with van der Waals surface area (Å²) in [4.78, 5) is 24.7.